The number of amides is 2. The molecule has 1 atom stereocenters. The summed E-state index contributed by atoms with van der Waals surface area (Å²) in [4.78, 5) is 28.2. The summed E-state index contributed by atoms with van der Waals surface area (Å²) in [5, 5.41) is 3.59. The second-order valence-corrected chi connectivity index (χ2v) is 9.12. The number of halogens is 2. The van der Waals surface area contributed by atoms with E-state index in [0.29, 0.717) is 18.1 Å². The number of hydrogen-bond acceptors (Lipinski definition) is 3. The van der Waals surface area contributed by atoms with E-state index < -0.39 is 6.04 Å². The average molecular weight is 498 g/mol. The van der Waals surface area contributed by atoms with E-state index in [1.54, 1.807) is 24.0 Å². The van der Waals surface area contributed by atoms with Crippen LogP contribution in [0.25, 0.3) is 0 Å². The van der Waals surface area contributed by atoms with Crippen molar-refractivity contribution in [2.24, 2.45) is 0 Å². The number of nitrogens with zero attached hydrogens (tertiary/aromatic N) is 1. The fraction of sp³-hybridized carbons (Fsp3) is 0.364. The third kappa shape index (κ3) is 8.03. The summed E-state index contributed by atoms with van der Waals surface area (Å²) in [6, 6.07) is 14.6. The zero-order valence-corrected chi connectivity index (χ0v) is 19.8. The standard InChI is InChI=1S/C22H26BrClN2O2S/c1-3-4-12-25-22(28)16(2)26(14-17-6-5-7-18(23)13-17)21(27)15-29-20-10-8-19(24)9-11-20/h5-11,13,16H,3-4,12,14-15H2,1-2H3,(H,25,28)/t16-/m1/s1. The Hall–Kier alpha value is -1.50. The number of benzene rings is 2. The number of nitrogens with one attached hydrogen (secondary N) is 1. The van der Waals surface area contributed by atoms with Gasteiger partial charge in [-0.15, -0.1) is 11.8 Å². The highest BCUT2D eigenvalue weighted by Gasteiger charge is 2.26. The molecule has 7 heteroatoms. The van der Waals surface area contributed by atoms with Crippen LogP contribution in [0.1, 0.15) is 32.3 Å². The van der Waals surface area contributed by atoms with Crippen LogP contribution in [0.3, 0.4) is 0 Å². The Morgan fingerprint density at radius 1 is 1.21 bits per heavy atom. The van der Waals surface area contributed by atoms with Crippen molar-refractivity contribution < 1.29 is 9.59 Å². The Bertz CT molecular complexity index is 817. The lowest BCUT2D eigenvalue weighted by Crippen LogP contribution is -2.48. The summed E-state index contributed by atoms with van der Waals surface area (Å²) in [5.41, 5.74) is 0.970. The van der Waals surface area contributed by atoms with Crippen molar-refractivity contribution in [1.29, 1.82) is 0 Å². The van der Waals surface area contributed by atoms with Gasteiger partial charge in [-0.1, -0.05) is 53.0 Å². The quantitative estimate of drug-likeness (QED) is 0.347. The van der Waals surface area contributed by atoms with Crippen LogP contribution in [-0.2, 0) is 16.1 Å². The van der Waals surface area contributed by atoms with E-state index in [-0.39, 0.29) is 17.6 Å². The van der Waals surface area contributed by atoms with Gasteiger partial charge < -0.3 is 10.2 Å². The first-order chi connectivity index (χ1) is 13.9. The van der Waals surface area contributed by atoms with Gasteiger partial charge >= 0.3 is 0 Å². The van der Waals surface area contributed by atoms with E-state index >= 15 is 0 Å². The fourth-order valence-electron chi connectivity index (χ4n) is 2.71. The second kappa shape index (κ2) is 12.3. The predicted molar refractivity (Wildman–Crippen MR) is 124 cm³/mol. The Morgan fingerprint density at radius 3 is 2.59 bits per heavy atom. The molecule has 0 aliphatic carbocycles. The molecule has 2 rings (SSSR count). The molecule has 2 amide bonds. The molecule has 156 valence electrons. The van der Waals surface area contributed by atoms with Gasteiger partial charge in [0.05, 0.1) is 5.75 Å². The zero-order valence-electron chi connectivity index (χ0n) is 16.7. The molecule has 0 saturated carbocycles. The molecule has 2 aromatic rings. The first-order valence-electron chi connectivity index (χ1n) is 9.60. The molecular weight excluding hydrogens is 472 g/mol. The van der Waals surface area contributed by atoms with E-state index in [0.717, 1.165) is 27.8 Å². The van der Waals surface area contributed by atoms with Crippen molar-refractivity contribution in [1.82, 2.24) is 10.2 Å². The number of carbonyl (C=O) groups excluding carboxylic acids is 2. The van der Waals surface area contributed by atoms with Crippen LogP contribution < -0.4 is 5.32 Å². The molecule has 0 spiro atoms. The summed E-state index contributed by atoms with van der Waals surface area (Å²) in [7, 11) is 0. The highest BCUT2D eigenvalue weighted by molar-refractivity contribution is 9.10. The molecule has 0 aliphatic heterocycles. The summed E-state index contributed by atoms with van der Waals surface area (Å²) >= 11 is 10.8. The van der Waals surface area contributed by atoms with Gasteiger partial charge in [-0.3, -0.25) is 9.59 Å². The minimum Gasteiger partial charge on any atom is -0.354 e. The first kappa shape index (κ1) is 23.8. The van der Waals surface area contributed by atoms with Crippen LogP contribution >= 0.6 is 39.3 Å². The molecule has 0 saturated heterocycles. The largest absolute Gasteiger partial charge is 0.354 e. The van der Waals surface area contributed by atoms with Crippen LogP contribution in [0, 0.1) is 0 Å². The minimum absolute atomic E-state index is 0.0805. The molecule has 0 heterocycles. The molecule has 0 fully saturated rings. The Kier molecular flexibility index (Phi) is 10.0. The van der Waals surface area contributed by atoms with Gasteiger partial charge in [0.25, 0.3) is 0 Å². The molecule has 1 N–H and O–H groups in total. The number of hydrogen-bond donors (Lipinski definition) is 1. The molecule has 0 unspecified atom stereocenters. The molecule has 0 radical (unpaired) electrons. The summed E-state index contributed by atoms with van der Waals surface area (Å²) < 4.78 is 0.943. The lowest BCUT2D eigenvalue weighted by molar-refractivity contribution is -0.138. The van der Waals surface area contributed by atoms with Crippen molar-refractivity contribution >= 4 is 51.1 Å². The van der Waals surface area contributed by atoms with Crippen LogP contribution in [0.4, 0.5) is 0 Å². The van der Waals surface area contributed by atoms with Gasteiger partial charge in [0.15, 0.2) is 0 Å². The van der Waals surface area contributed by atoms with Crippen LogP contribution in [0.15, 0.2) is 57.9 Å². The summed E-state index contributed by atoms with van der Waals surface area (Å²) in [6.07, 6.45) is 1.93. The smallest absolute Gasteiger partial charge is 0.242 e. The van der Waals surface area contributed by atoms with Crippen LogP contribution in [-0.4, -0.2) is 35.1 Å². The van der Waals surface area contributed by atoms with Crippen molar-refractivity contribution in [3.8, 4) is 0 Å². The van der Waals surface area contributed by atoms with Gasteiger partial charge in [0.2, 0.25) is 11.8 Å². The number of carbonyl (C=O) groups is 2. The van der Waals surface area contributed by atoms with Gasteiger partial charge in [0.1, 0.15) is 6.04 Å². The average Bonchev–Trinajstić information content (AvgIpc) is 2.71. The van der Waals surface area contributed by atoms with Crippen molar-refractivity contribution in [3.05, 3.63) is 63.6 Å². The van der Waals surface area contributed by atoms with Crippen molar-refractivity contribution in [2.45, 2.75) is 44.2 Å². The van der Waals surface area contributed by atoms with Gasteiger partial charge in [-0.2, -0.15) is 0 Å². The second-order valence-electron chi connectivity index (χ2n) is 6.71. The molecule has 2 aromatic carbocycles. The van der Waals surface area contributed by atoms with E-state index in [2.05, 4.69) is 28.2 Å². The van der Waals surface area contributed by atoms with E-state index in [1.807, 2.05) is 36.4 Å². The van der Waals surface area contributed by atoms with Gasteiger partial charge in [-0.05, 0) is 55.3 Å². The summed E-state index contributed by atoms with van der Waals surface area (Å²) in [5.74, 6) is 0.0451. The lowest BCUT2D eigenvalue weighted by atomic mass is 10.1. The van der Waals surface area contributed by atoms with Gasteiger partial charge in [0, 0.05) is 27.5 Å². The van der Waals surface area contributed by atoms with Crippen molar-refractivity contribution in [2.75, 3.05) is 12.3 Å². The highest BCUT2D eigenvalue weighted by Crippen LogP contribution is 2.22. The molecule has 29 heavy (non-hydrogen) atoms. The number of unbranched alkanes of at least 4 members (excludes halogenated alkanes) is 1. The normalized spacial score (nSPS) is 11.7. The molecule has 0 aromatic heterocycles. The van der Waals surface area contributed by atoms with Gasteiger partial charge in [-0.25, -0.2) is 0 Å². The van der Waals surface area contributed by atoms with E-state index in [4.69, 9.17) is 11.6 Å². The Labute approximate surface area is 190 Å². The number of rotatable bonds is 10. The van der Waals surface area contributed by atoms with Crippen molar-refractivity contribution in [3.63, 3.8) is 0 Å². The third-order valence-corrected chi connectivity index (χ3v) is 6.16. The maximum Gasteiger partial charge on any atom is 0.242 e. The third-order valence-electron chi connectivity index (χ3n) is 4.41. The van der Waals surface area contributed by atoms with Crippen LogP contribution in [0.5, 0.6) is 0 Å². The molecule has 0 bridgehead atoms. The topological polar surface area (TPSA) is 49.4 Å². The Morgan fingerprint density at radius 2 is 1.93 bits per heavy atom. The molecular formula is C22H26BrClN2O2S. The monoisotopic (exact) mass is 496 g/mol. The SMILES string of the molecule is CCCCNC(=O)[C@@H](C)N(Cc1cccc(Br)c1)C(=O)CSc1ccc(Cl)cc1. The Balaban J connectivity index is 2.10. The minimum atomic E-state index is -0.552. The zero-order chi connectivity index (χ0) is 21.2. The molecule has 0 aliphatic rings. The maximum absolute atomic E-state index is 13.0. The lowest BCUT2D eigenvalue weighted by Gasteiger charge is -2.29. The maximum atomic E-state index is 13.0. The van der Waals surface area contributed by atoms with Crippen LogP contribution in [0.2, 0.25) is 5.02 Å². The predicted octanol–water partition coefficient (Wildman–Crippen LogP) is 5.53. The molecule has 4 nitrogen and oxygen atoms in total. The highest BCUT2D eigenvalue weighted by atomic mass is 79.9. The first-order valence-corrected chi connectivity index (χ1v) is 11.8. The fourth-order valence-corrected chi connectivity index (χ4v) is 4.07. The summed E-state index contributed by atoms with van der Waals surface area (Å²) in [6.45, 7) is 4.86. The number of thioether (sulfide) groups is 1. The van der Waals surface area contributed by atoms with E-state index in [9.17, 15) is 9.59 Å². The van der Waals surface area contributed by atoms with E-state index in [1.165, 1.54) is 11.8 Å².